The minimum Gasteiger partial charge on any atom is -0.394 e. The number of fused-ring (bicyclic) bond motifs is 5. The number of rotatable bonds is 5. The molecule has 6 aliphatic rings. The number of piperidine rings is 1. The molecule has 4 aliphatic carbocycles. The predicted octanol–water partition coefficient (Wildman–Crippen LogP) is 2.89. The van der Waals surface area contributed by atoms with Crippen molar-refractivity contribution in [3.8, 4) is 0 Å². The first kappa shape index (κ1) is 30.4. The van der Waals surface area contributed by atoms with Gasteiger partial charge in [-0.1, -0.05) is 32.4 Å². The molecule has 0 spiro atoms. The van der Waals surface area contributed by atoms with E-state index < -0.39 is 42.9 Å². The zero-order valence-corrected chi connectivity index (χ0v) is 25.5. The maximum Gasteiger partial charge on any atom is 0.186 e. The third-order valence-electron chi connectivity index (χ3n) is 13.3. The highest BCUT2D eigenvalue weighted by Crippen LogP contribution is 2.68. The molecule has 5 fully saturated rings. The Kier molecular flexibility index (Phi) is 8.24. The van der Waals surface area contributed by atoms with Gasteiger partial charge in [0.05, 0.1) is 18.3 Å². The van der Waals surface area contributed by atoms with Gasteiger partial charge in [0.1, 0.15) is 24.4 Å². The number of allylic oxidation sites excluding steroid dienone is 1. The van der Waals surface area contributed by atoms with Crippen LogP contribution in [0.15, 0.2) is 11.6 Å². The lowest BCUT2D eigenvalue weighted by Crippen LogP contribution is -2.60. The van der Waals surface area contributed by atoms with Gasteiger partial charge < -0.3 is 40.3 Å². The Bertz CT molecular complexity index is 979. The summed E-state index contributed by atoms with van der Waals surface area (Å²) < 4.78 is 11.8. The lowest BCUT2D eigenvalue weighted by Gasteiger charge is -2.59. The molecule has 0 amide bonds. The minimum atomic E-state index is -1.42. The summed E-state index contributed by atoms with van der Waals surface area (Å²) >= 11 is 0. The molecule has 0 aromatic heterocycles. The van der Waals surface area contributed by atoms with Crippen molar-refractivity contribution in [2.45, 2.75) is 140 Å². The van der Waals surface area contributed by atoms with Crippen LogP contribution in [0.1, 0.15) is 91.9 Å². The summed E-state index contributed by atoms with van der Waals surface area (Å²) in [5.41, 5.74) is 1.06. The Morgan fingerprint density at radius 1 is 1.00 bits per heavy atom. The number of hydrogen-bond donors (Lipinski definition) is 6. The second-order valence-electron chi connectivity index (χ2n) is 15.5. The normalized spacial score (nSPS) is 53.4. The topological polar surface area (TPSA) is 132 Å². The van der Waals surface area contributed by atoms with E-state index in [1.165, 1.54) is 31.3 Å². The summed E-state index contributed by atoms with van der Waals surface area (Å²) in [7, 11) is 0. The van der Waals surface area contributed by atoms with E-state index in [4.69, 9.17) is 9.47 Å². The van der Waals surface area contributed by atoms with Gasteiger partial charge >= 0.3 is 0 Å². The number of nitrogens with one attached hydrogen (secondary N) is 1. The van der Waals surface area contributed by atoms with E-state index >= 15 is 0 Å². The summed E-state index contributed by atoms with van der Waals surface area (Å²) in [6, 6.07) is 0.186. The van der Waals surface area contributed by atoms with Crippen molar-refractivity contribution in [1.29, 1.82) is 0 Å². The third-order valence-corrected chi connectivity index (χ3v) is 13.3. The highest BCUT2D eigenvalue weighted by atomic mass is 16.7. The minimum absolute atomic E-state index is 0.126. The highest BCUT2D eigenvalue weighted by Gasteiger charge is 2.62. The van der Waals surface area contributed by atoms with Crippen molar-refractivity contribution in [2.24, 2.45) is 40.4 Å². The summed E-state index contributed by atoms with van der Waals surface area (Å²) in [6.45, 7) is 9.94. The van der Waals surface area contributed by atoms with Crippen molar-refractivity contribution in [3.63, 3.8) is 0 Å². The van der Waals surface area contributed by atoms with Gasteiger partial charge in [0.2, 0.25) is 0 Å². The van der Waals surface area contributed by atoms with Crippen LogP contribution in [0.4, 0.5) is 0 Å². The van der Waals surface area contributed by atoms with Gasteiger partial charge in [0.15, 0.2) is 6.29 Å². The van der Waals surface area contributed by atoms with Crippen LogP contribution in [0.2, 0.25) is 0 Å². The molecule has 0 bridgehead atoms. The molecule has 6 rings (SSSR count). The Morgan fingerprint density at radius 3 is 2.49 bits per heavy atom. The first-order valence-electron chi connectivity index (χ1n) is 16.5. The van der Waals surface area contributed by atoms with Gasteiger partial charge in [-0.3, -0.25) is 0 Å². The lowest BCUT2D eigenvalue weighted by molar-refractivity contribution is -0.313. The van der Waals surface area contributed by atoms with Crippen molar-refractivity contribution >= 4 is 0 Å². The molecule has 15 atom stereocenters. The van der Waals surface area contributed by atoms with Crippen molar-refractivity contribution < 1.29 is 35.0 Å². The average molecular weight is 578 g/mol. The largest absolute Gasteiger partial charge is 0.394 e. The van der Waals surface area contributed by atoms with Gasteiger partial charge in [-0.25, -0.2) is 0 Å². The molecular weight excluding hydrogens is 522 g/mol. The molecule has 3 saturated carbocycles. The molecule has 0 radical (unpaired) electrons. The second kappa shape index (κ2) is 11.1. The van der Waals surface area contributed by atoms with Crippen molar-refractivity contribution in [3.05, 3.63) is 11.6 Å². The number of aliphatic hydroxyl groups is 5. The predicted molar refractivity (Wildman–Crippen MR) is 155 cm³/mol. The van der Waals surface area contributed by atoms with Crippen LogP contribution in [0, 0.1) is 40.4 Å². The van der Waals surface area contributed by atoms with Crippen molar-refractivity contribution in [1.82, 2.24) is 5.32 Å². The van der Waals surface area contributed by atoms with Crippen LogP contribution in [0.5, 0.6) is 0 Å². The molecule has 0 aromatic carbocycles. The number of hydrogen-bond acceptors (Lipinski definition) is 8. The van der Waals surface area contributed by atoms with Gasteiger partial charge in [-0.05, 0) is 118 Å². The van der Waals surface area contributed by atoms with E-state index in [1.807, 2.05) is 0 Å². The second-order valence-corrected chi connectivity index (χ2v) is 15.5. The van der Waals surface area contributed by atoms with Crippen LogP contribution < -0.4 is 5.32 Å². The van der Waals surface area contributed by atoms with E-state index in [0.717, 1.165) is 45.1 Å². The quantitative estimate of drug-likeness (QED) is 0.275. The molecule has 0 aromatic rings. The fraction of sp³-hybridized carbons (Fsp3) is 0.939. The van der Waals surface area contributed by atoms with Crippen LogP contribution >= 0.6 is 0 Å². The molecule has 2 saturated heterocycles. The monoisotopic (exact) mass is 577 g/mol. The highest BCUT2D eigenvalue weighted by molar-refractivity contribution is 5.26. The summed E-state index contributed by atoms with van der Waals surface area (Å²) in [6.07, 6.45) is 6.84. The first-order chi connectivity index (χ1) is 19.4. The van der Waals surface area contributed by atoms with Crippen LogP contribution in [-0.4, -0.2) is 87.1 Å². The zero-order chi connectivity index (χ0) is 29.3. The van der Waals surface area contributed by atoms with Crippen LogP contribution in [0.25, 0.3) is 0 Å². The first-order valence-corrected chi connectivity index (χ1v) is 16.5. The maximum absolute atomic E-state index is 12.0. The molecule has 6 N–H and O–H groups in total. The molecule has 15 unspecified atom stereocenters. The molecule has 8 nitrogen and oxygen atoms in total. The van der Waals surface area contributed by atoms with E-state index in [2.05, 4.69) is 39.1 Å². The summed E-state index contributed by atoms with van der Waals surface area (Å²) in [5, 5.41) is 56.1. The molecular formula is C33H55NO7. The van der Waals surface area contributed by atoms with Gasteiger partial charge in [-0.15, -0.1) is 0 Å². The Balaban J connectivity index is 1.14. The van der Waals surface area contributed by atoms with Gasteiger partial charge in [0.25, 0.3) is 0 Å². The summed E-state index contributed by atoms with van der Waals surface area (Å²) in [4.78, 5) is 0. The fourth-order valence-electron chi connectivity index (χ4n) is 10.8. The number of ether oxygens (including phenoxy) is 2. The van der Waals surface area contributed by atoms with Crippen molar-refractivity contribution in [2.75, 3.05) is 13.2 Å². The van der Waals surface area contributed by atoms with E-state index in [9.17, 15) is 25.5 Å². The Morgan fingerprint density at radius 2 is 1.78 bits per heavy atom. The summed E-state index contributed by atoms with van der Waals surface area (Å²) in [5.74, 6) is 2.92. The Labute approximate surface area is 245 Å². The van der Waals surface area contributed by atoms with Crippen LogP contribution in [0.3, 0.4) is 0 Å². The molecule has 234 valence electrons. The zero-order valence-electron chi connectivity index (χ0n) is 25.5. The van der Waals surface area contributed by atoms with E-state index in [0.29, 0.717) is 29.6 Å². The van der Waals surface area contributed by atoms with Gasteiger partial charge in [-0.2, -0.15) is 0 Å². The lowest BCUT2D eigenvalue weighted by atomic mass is 9.46. The SMILES string of the molecule is CC1CCC(C(C)(O)C2CCC3C4CC=C5CC(OC6OC(CO)C(O)C(O)C6O)CCC5(C)C4CCC32C)NC1. The van der Waals surface area contributed by atoms with E-state index in [1.54, 1.807) is 0 Å². The van der Waals surface area contributed by atoms with Crippen LogP contribution in [-0.2, 0) is 9.47 Å². The van der Waals surface area contributed by atoms with E-state index in [-0.39, 0.29) is 23.0 Å². The standard InChI is InChI=1S/C33H55NO7/c1-18-5-10-26(34-16-18)33(4,39)25-9-8-22-21-7-6-19-15-20(11-13-31(19,2)23(21)12-14-32(22,25)3)40-30-29(38)28(37)27(36)24(17-35)41-30/h6,18,20-30,34-39H,5,7-17H2,1-4H3. The molecule has 2 aliphatic heterocycles. The third kappa shape index (κ3) is 4.97. The smallest absolute Gasteiger partial charge is 0.186 e. The van der Waals surface area contributed by atoms with Gasteiger partial charge in [0, 0.05) is 6.04 Å². The maximum atomic E-state index is 12.0. The number of aliphatic hydroxyl groups excluding tert-OH is 4. The average Bonchev–Trinajstić information content (AvgIpc) is 3.32. The fourth-order valence-corrected chi connectivity index (χ4v) is 10.8. The molecule has 8 heteroatoms. The molecule has 2 heterocycles. The Hall–Kier alpha value is -0.580. The molecule has 41 heavy (non-hydrogen) atoms.